The second-order valence-corrected chi connectivity index (χ2v) is 6.11. The van der Waals surface area contributed by atoms with Crippen LogP contribution in [-0.4, -0.2) is 30.3 Å². The third-order valence-electron chi connectivity index (χ3n) is 3.55. The molecule has 17 heavy (non-hydrogen) atoms. The Hall–Kier alpha value is -0.650. The van der Waals surface area contributed by atoms with Gasteiger partial charge in [0, 0.05) is 24.0 Å². The maximum Gasteiger partial charge on any atom is 0.186 e. The maximum atomic E-state index is 5.95. The molecule has 0 aliphatic carbocycles. The second kappa shape index (κ2) is 4.23. The van der Waals surface area contributed by atoms with E-state index >= 15 is 0 Å². The lowest BCUT2D eigenvalue weighted by atomic mass is 10.2. The molecule has 3 unspecified atom stereocenters. The van der Waals surface area contributed by atoms with E-state index in [0.717, 1.165) is 23.9 Å². The van der Waals surface area contributed by atoms with E-state index in [1.807, 2.05) is 13.8 Å². The normalized spacial score (nSPS) is 29.7. The number of ether oxygens (including phenoxy) is 1. The molecule has 1 aromatic heterocycles. The fourth-order valence-electron chi connectivity index (χ4n) is 2.72. The van der Waals surface area contributed by atoms with Crippen molar-refractivity contribution in [2.24, 2.45) is 5.73 Å². The predicted octanol–water partition coefficient (Wildman–Crippen LogP) is 1.84. The molecule has 4 nitrogen and oxygen atoms in total. The summed E-state index contributed by atoms with van der Waals surface area (Å²) in [4.78, 5) is 8.24. The van der Waals surface area contributed by atoms with Gasteiger partial charge in [0.2, 0.25) is 0 Å². The van der Waals surface area contributed by atoms with E-state index in [1.165, 1.54) is 17.7 Å². The van der Waals surface area contributed by atoms with E-state index in [4.69, 9.17) is 10.5 Å². The number of thiazole rings is 1. The number of anilines is 1. The van der Waals surface area contributed by atoms with Crippen LogP contribution in [0, 0.1) is 6.92 Å². The summed E-state index contributed by atoms with van der Waals surface area (Å²) >= 11 is 1.74. The highest BCUT2D eigenvalue weighted by molar-refractivity contribution is 7.15. The minimum atomic E-state index is 0.0824. The van der Waals surface area contributed by atoms with Gasteiger partial charge in [-0.2, -0.15) is 0 Å². The number of morpholine rings is 1. The first-order valence-corrected chi connectivity index (χ1v) is 7.08. The van der Waals surface area contributed by atoms with E-state index in [0.29, 0.717) is 12.2 Å². The average Bonchev–Trinajstić information content (AvgIpc) is 2.82. The van der Waals surface area contributed by atoms with Gasteiger partial charge in [-0.3, -0.25) is 0 Å². The summed E-state index contributed by atoms with van der Waals surface area (Å²) < 4.78 is 5.84. The van der Waals surface area contributed by atoms with Crippen molar-refractivity contribution in [2.75, 3.05) is 18.0 Å². The molecule has 3 atom stereocenters. The molecule has 0 spiro atoms. The molecule has 2 bridgehead atoms. The molecule has 1 aromatic rings. The molecule has 2 N–H and O–H groups in total. The van der Waals surface area contributed by atoms with Crippen molar-refractivity contribution in [1.82, 2.24) is 4.98 Å². The predicted molar refractivity (Wildman–Crippen MR) is 69.6 cm³/mol. The fourth-order valence-corrected chi connectivity index (χ4v) is 3.76. The quantitative estimate of drug-likeness (QED) is 0.874. The summed E-state index contributed by atoms with van der Waals surface area (Å²) in [7, 11) is 0. The van der Waals surface area contributed by atoms with E-state index in [1.54, 1.807) is 11.3 Å². The monoisotopic (exact) mass is 253 g/mol. The Morgan fingerprint density at radius 1 is 1.41 bits per heavy atom. The zero-order chi connectivity index (χ0) is 12.0. The van der Waals surface area contributed by atoms with Crippen molar-refractivity contribution in [3.8, 4) is 0 Å². The van der Waals surface area contributed by atoms with E-state index in [2.05, 4.69) is 9.88 Å². The summed E-state index contributed by atoms with van der Waals surface area (Å²) in [5, 5.41) is 1.12. The standard InChI is InChI=1S/C12H19N3OS/c1-7(13)11-8(2)14-12(17-11)15-5-9-3-4-10(6-15)16-9/h7,9-10H,3-6,13H2,1-2H3. The Bertz CT molecular complexity index is 406. The molecule has 3 heterocycles. The van der Waals surface area contributed by atoms with Crippen LogP contribution in [0.2, 0.25) is 0 Å². The van der Waals surface area contributed by atoms with Crippen LogP contribution >= 0.6 is 11.3 Å². The zero-order valence-corrected chi connectivity index (χ0v) is 11.2. The SMILES string of the molecule is Cc1nc(N2CC3CCC(C2)O3)sc1C(C)N. The molecule has 5 heteroatoms. The summed E-state index contributed by atoms with van der Waals surface area (Å²) in [5.41, 5.74) is 7.03. The number of nitrogens with zero attached hydrogens (tertiary/aromatic N) is 2. The first-order valence-electron chi connectivity index (χ1n) is 6.27. The molecule has 0 radical (unpaired) electrons. The Morgan fingerprint density at radius 3 is 2.59 bits per heavy atom. The van der Waals surface area contributed by atoms with Crippen molar-refractivity contribution in [3.63, 3.8) is 0 Å². The number of aryl methyl sites for hydroxylation is 1. The topological polar surface area (TPSA) is 51.4 Å². The Kier molecular flexibility index (Phi) is 2.84. The highest BCUT2D eigenvalue weighted by Gasteiger charge is 2.35. The molecular formula is C12H19N3OS. The highest BCUT2D eigenvalue weighted by Crippen LogP contribution is 2.34. The minimum Gasteiger partial charge on any atom is -0.371 e. The van der Waals surface area contributed by atoms with Crippen LogP contribution in [0.5, 0.6) is 0 Å². The summed E-state index contributed by atoms with van der Waals surface area (Å²) in [6.45, 7) is 6.05. The largest absolute Gasteiger partial charge is 0.371 e. The lowest BCUT2D eigenvalue weighted by Crippen LogP contribution is -2.42. The smallest absolute Gasteiger partial charge is 0.186 e. The lowest BCUT2D eigenvalue weighted by Gasteiger charge is -2.31. The number of nitrogens with two attached hydrogens (primary N) is 1. The molecule has 0 aromatic carbocycles. The van der Waals surface area contributed by atoms with Gasteiger partial charge in [-0.25, -0.2) is 4.98 Å². The van der Waals surface area contributed by atoms with Crippen LogP contribution in [0.3, 0.4) is 0 Å². The maximum absolute atomic E-state index is 5.95. The van der Waals surface area contributed by atoms with Gasteiger partial charge < -0.3 is 15.4 Å². The fraction of sp³-hybridized carbons (Fsp3) is 0.750. The van der Waals surface area contributed by atoms with Crippen LogP contribution in [-0.2, 0) is 4.74 Å². The average molecular weight is 253 g/mol. The number of hydrogen-bond acceptors (Lipinski definition) is 5. The Morgan fingerprint density at radius 2 is 2.06 bits per heavy atom. The third-order valence-corrected chi connectivity index (χ3v) is 4.97. The molecule has 0 saturated carbocycles. The molecular weight excluding hydrogens is 234 g/mol. The molecule has 2 saturated heterocycles. The highest BCUT2D eigenvalue weighted by atomic mass is 32.1. The van der Waals surface area contributed by atoms with E-state index in [9.17, 15) is 0 Å². The van der Waals surface area contributed by atoms with Gasteiger partial charge in [-0.15, -0.1) is 11.3 Å². The molecule has 2 fully saturated rings. The van der Waals surface area contributed by atoms with E-state index < -0.39 is 0 Å². The molecule has 3 rings (SSSR count). The van der Waals surface area contributed by atoms with Crippen LogP contribution < -0.4 is 10.6 Å². The number of aromatic nitrogens is 1. The van der Waals surface area contributed by atoms with Crippen LogP contribution in [0.25, 0.3) is 0 Å². The van der Waals surface area contributed by atoms with Crippen molar-refractivity contribution in [1.29, 1.82) is 0 Å². The number of rotatable bonds is 2. The van der Waals surface area contributed by atoms with Gasteiger partial charge in [-0.05, 0) is 26.7 Å². The summed E-state index contributed by atoms with van der Waals surface area (Å²) in [6, 6.07) is 0.0824. The number of fused-ring (bicyclic) bond motifs is 2. The van der Waals surface area contributed by atoms with Gasteiger partial charge in [0.1, 0.15) is 0 Å². The number of hydrogen-bond donors (Lipinski definition) is 1. The van der Waals surface area contributed by atoms with Crippen LogP contribution in [0.4, 0.5) is 5.13 Å². The Balaban J connectivity index is 1.82. The second-order valence-electron chi connectivity index (χ2n) is 5.10. The van der Waals surface area contributed by atoms with Crippen molar-refractivity contribution in [2.45, 2.75) is 44.9 Å². The van der Waals surface area contributed by atoms with Crippen molar-refractivity contribution < 1.29 is 4.74 Å². The Labute approximate surface area is 106 Å². The van der Waals surface area contributed by atoms with Gasteiger partial charge in [0.15, 0.2) is 5.13 Å². The third kappa shape index (κ3) is 2.07. The van der Waals surface area contributed by atoms with Gasteiger partial charge in [0.05, 0.1) is 17.9 Å². The first-order chi connectivity index (χ1) is 8.13. The van der Waals surface area contributed by atoms with Gasteiger partial charge in [-0.1, -0.05) is 0 Å². The van der Waals surface area contributed by atoms with Crippen molar-refractivity contribution in [3.05, 3.63) is 10.6 Å². The van der Waals surface area contributed by atoms with Crippen molar-refractivity contribution >= 4 is 16.5 Å². The molecule has 0 amide bonds. The van der Waals surface area contributed by atoms with E-state index in [-0.39, 0.29) is 6.04 Å². The zero-order valence-electron chi connectivity index (χ0n) is 10.3. The summed E-state index contributed by atoms with van der Waals surface area (Å²) in [6.07, 6.45) is 3.23. The molecule has 2 aliphatic heterocycles. The minimum absolute atomic E-state index is 0.0824. The summed E-state index contributed by atoms with van der Waals surface area (Å²) in [5.74, 6) is 0. The van der Waals surface area contributed by atoms with Crippen LogP contribution in [0.1, 0.15) is 36.4 Å². The van der Waals surface area contributed by atoms with Gasteiger partial charge >= 0.3 is 0 Å². The molecule has 94 valence electrons. The van der Waals surface area contributed by atoms with Crippen LogP contribution in [0.15, 0.2) is 0 Å². The molecule has 2 aliphatic rings. The lowest BCUT2D eigenvalue weighted by molar-refractivity contribution is 0.0305. The first kappa shape index (κ1) is 11.4. The van der Waals surface area contributed by atoms with Gasteiger partial charge in [0.25, 0.3) is 0 Å².